The van der Waals surface area contributed by atoms with Crippen LogP contribution in [-0.2, 0) is 11.8 Å². The predicted octanol–water partition coefficient (Wildman–Crippen LogP) is 5.07. The van der Waals surface area contributed by atoms with Gasteiger partial charge in [-0.15, -0.1) is 11.8 Å². The number of thioether (sulfide) groups is 1. The fourth-order valence-corrected chi connectivity index (χ4v) is 4.09. The lowest BCUT2D eigenvalue weighted by Crippen LogP contribution is -2.10. The molecule has 1 heterocycles. The Kier molecular flexibility index (Phi) is 7.43. The highest BCUT2D eigenvalue weighted by Gasteiger charge is 2.14. The summed E-state index contributed by atoms with van der Waals surface area (Å²) in [6.45, 7) is 5.74. The molecule has 0 fully saturated rings. The van der Waals surface area contributed by atoms with Crippen molar-refractivity contribution in [3.63, 3.8) is 0 Å². The summed E-state index contributed by atoms with van der Waals surface area (Å²) in [6, 6.07) is 13.8. The van der Waals surface area contributed by atoms with Crippen molar-refractivity contribution in [2.45, 2.75) is 32.1 Å². The molecule has 2 aromatic carbocycles. The van der Waals surface area contributed by atoms with Crippen LogP contribution in [0.1, 0.15) is 35.9 Å². The van der Waals surface area contributed by atoms with Crippen LogP contribution in [0, 0.1) is 25.7 Å². The fourth-order valence-electron chi connectivity index (χ4n) is 3.26. The molecule has 0 bridgehead atoms. The average Bonchev–Trinajstić information content (AvgIpc) is 3.01. The monoisotopic (exact) mass is 434 g/mol. The molecule has 31 heavy (non-hydrogen) atoms. The second-order valence-corrected chi connectivity index (χ2v) is 8.36. The Bertz CT molecular complexity index is 1160. The molecule has 0 aliphatic rings. The number of hydrogen-bond acceptors (Lipinski definition) is 4. The Hall–Kier alpha value is -3.17. The van der Waals surface area contributed by atoms with E-state index in [0.717, 1.165) is 40.3 Å². The molecule has 0 saturated carbocycles. The van der Waals surface area contributed by atoms with Crippen molar-refractivity contribution < 1.29 is 14.6 Å². The van der Waals surface area contributed by atoms with Gasteiger partial charge in [0.05, 0.1) is 11.3 Å². The molecular weight excluding hydrogens is 408 g/mol. The van der Waals surface area contributed by atoms with Gasteiger partial charge in [0, 0.05) is 28.8 Å². The zero-order valence-corrected chi connectivity index (χ0v) is 19.0. The van der Waals surface area contributed by atoms with Crippen LogP contribution in [0.15, 0.2) is 47.4 Å². The van der Waals surface area contributed by atoms with Gasteiger partial charge in [-0.1, -0.05) is 30.9 Å². The van der Waals surface area contributed by atoms with Crippen LogP contribution in [-0.4, -0.2) is 33.2 Å². The molecule has 3 aromatic rings. The summed E-state index contributed by atoms with van der Waals surface area (Å²) >= 11 is 1.81. The first-order valence-corrected chi connectivity index (χ1v) is 11.1. The number of hydrogen-bond donors (Lipinski definition) is 1. The topological polar surface area (TPSA) is 64.4 Å². The maximum atomic E-state index is 11.0. The van der Waals surface area contributed by atoms with E-state index in [1.165, 1.54) is 4.90 Å². The molecule has 0 amide bonds. The van der Waals surface area contributed by atoms with Crippen LogP contribution in [0.2, 0.25) is 0 Å². The molecule has 0 atom stereocenters. The number of aromatic nitrogens is 2. The number of benzene rings is 2. The molecule has 5 nitrogen and oxygen atoms in total. The summed E-state index contributed by atoms with van der Waals surface area (Å²) in [5, 5.41) is 13.5. The number of aliphatic carboxylic acids is 1. The molecule has 3 rings (SSSR count). The van der Waals surface area contributed by atoms with Gasteiger partial charge in [-0.2, -0.15) is 5.10 Å². The van der Waals surface area contributed by atoms with Crippen LogP contribution in [0.5, 0.6) is 5.75 Å². The summed E-state index contributed by atoms with van der Waals surface area (Å²) in [5.41, 5.74) is 5.56. The quantitative estimate of drug-likeness (QED) is 0.415. The standard InChI is InChI=1S/C25H26N2O3S/c1-5-13-31-22-8-6-7-19(14-22)9-10-20-15-21(11-12-23(20)30-16-24(28)29)25-17(2)26-27(4)18(25)3/h6-8,11-12,14-15H,5,13,16H2,1-4H3,(H,28,29). The van der Waals surface area contributed by atoms with Crippen molar-refractivity contribution in [2.24, 2.45) is 7.05 Å². The Morgan fingerprint density at radius 3 is 2.68 bits per heavy atom. The van der Waals surface area contributed by atoms with Crippen molar-refractivity contribution in [1.82, 2.24) is 9.78 Å². The molecule has 0 radical (unpaired) electrons. The largest absolute Gasteiger partial charge is 0.481 e. The smallest absolute Gasteiger partial charge is 0.341 e. The van der Waals surface area contributed by atoms with E-state index < -0.39 is 12.6 Å². The molecule has 0 unspecified atom stereocenters. The Labute approximate surface area is 187 Å². The Morgan fingerprint density at radius 2 is 2.00 bits per heavy atom. The van der Waals surface area contributed by atoms with Crippen molar-refractivity contribution in [1.29, 1.82) is 0 Å². The van der Waals surface area contributed by atoms with Gasteiger partial charge < -0.3 is 9.84 Å². The van der Waals surface area contributed by atoms with Crippen molar-refractivity contribution >= 4 is 17.7 Å². The SMILES string of the molecule is CCCSc1cccc(C#Cc2cc(-c3c(C)nn(C)c3C)ccc2OCC(=O)O)c1. The average molecular weight is 435 g/mol. The molecule has 0 aliphatic heterocycles. The molecule has 1 aromatic heterocycles. The maximum absolute atomic E-state index is 11.0. The van der Waals surface area contributed by atoms with Gasteiger partial charge in [-0.25, -0.2) is 4.79 Å². The lowest BCUT2D eigenvalue weighted by Gasteiger charge is -2.09. The third-order valence-electron chi connectivity index (χ3n) is 4.78. The van der Waals surface area contributed by atoms with E-state index in [1.54, 1.807) is 6.07 Å². The Balaban J connectivity index is 2.00. The molecule has 1 N–H and O–H groups in total. The summed E-state index contributed by atoms with van der Waals surface area (Å²) in [6.07, 6.45) is 1.12. The third kappa shape index (κ3) is 5.71. The van der Waals surface area contributed by atoms with Crippen molar-refractivity contribution in [3.8, 4) is 28.7 Å². The van der Waals surface area contributed by atoms with E-state index in [0.29, 0.717) is 11.3 Å². The highest BCUT2D eigenvalue weighted by atomic mass is 32.2. The summed E-state index contributed by atoms with van der Waals surface area (Å²) in [4.78, 5) is 12.2. The first-order chi connectivity index (χ1) is 14.9. The number of ether oxygens (including phenoxy) is 1. The van der Waals surface area contributed by atoms with Gasteiger partial charge >= 0.3 is 5.97 Å². The normalized spacial score (nSPS) is 10.5. The van der Waals surface area contributed by atoms with E-state index in [4.69, 9.17) is 9.84 Å². The van der Waals surface area contributed by atoms with Crippen LogP contribution < -0.4 is 4.74 Å². The lowest BCUT2D eigenvalue weighted by atomic mass is 10.0. The maximum Gasteiger partial charge on any atom is 0.341 e. The second-order valence-electron chi connectivity index (χ2n) is 7.19. The lowest BCUT2D eigenvalue weighted by molar-refractivity contribution is -0.139. The van der Waals surface area contributed by atoms with Gasteiger partial charge in [0.15, 0.2) is 6.61 Å². The number of rotatable bonds is 7. The minimum atomic E-state index is -1.03. The fraction of sp³-hybridized carbons (Fsp3) is 0.280. The van der Waals surface area contributed by atoms with E-state index in [1.807, 2.05) is 61.6 Å². The van der Waals surface area contributed by atoms with Gasteiger partial charge in [0.2, 0.25) is 0 Å². The van der Waals surface area contributed by atoms with Gasteiger partial charge in [0.25, 0.3) is 0 Å². The number of carboxylic acid groups (broad SMARTS) is 1. The molecule has 0 aliphatic carbocycles. The zero-order chi connectivity index (χ0) is 22.4. The van der Waals surface area contributed by atoms with Crippen LogP contribution in [0.3, 0.4) is 0 Å². The molecular formula is C25H26N2O3S. The summed E-state index contributed by atoms with van der Waals surface area (Å²) in [5.74, 6) is 6.89. The van der Waals surface area contributed by atoms with E-state index in [2.05, 4.69) is 36.0 Å². The minimum absolute atomic E-state index is 0.415. The molecule has 0 saturated heterocycles. The third-order valence-corrected chi connectivity index (χ3v) is 5.98. The van der Waals surface area contributed by atoms with Crippen LogP contribution in [0.4, 0.5) is 0 Å². The molecule has 0 spiro atoms. The molecule has 160 valence electrons. The highest BCUT2D eigenvalue weighted by molar-refractivity contribution is 7.99. The first-order valence-electron chi connectivity index (χ1n) is 10.1. The second kappa shape index (κ2) is 10.2. The zero-order valence-electron chi connectivity index (χ0n) is 18.2. The van der Waals surface area contributed by atoms with Gasteiger partial charge in [-0.05, 0) is 61.9 Å². The van der Waals surface area contributed by atoms with Gasteiger partial charge in [-0.3, -0.25) is 4.68 Å². The predicted molar refractivity (Wildman–Crippen MR) is 125 cm³/mol. The van der Waals surface area contributed by atoms with Crippen molar-refractivity contribution in [2.75, 3.05) is 12.4 Å². The summed E-state index contributed by atoms with van der Waals surface area (Å²) < 4.78 is 7.34. The summed E-state index contributed by atoms with van der Waals surface area (Å²) in [7, 11) is 1.92. The first kappa shape index (κ1) is 22.5. The Morgan fingerprint density at radius 1 is 1.19 bits per heavy atom. The van der Waals surface area contributed by atoms with Crippen molar-refractivity contribution in [3.05, 3.63) is 65.0 Å². The minimum Gasteiger partial charge on any atom is -0.481 e. The molecule has 6 heteroatoms. The number of carbonyl (C=O) groups is 1. The number of aryl methyl sites for hydroxylation is 2. The number of nitrogens with zero attached hydrogens (tertiary/aromatic N) is 2. The highest BCUT2D eigenvalue weighted by Crippen LogP contribution is 2.30. The van der Waals surface area contributed by atoms with E-state index in [-0.39, 0.29) is 0 Å². The van der Waals surface area contributed by atoms with Crippen LogP contribution >= 0.6 is 11.8 Å². The van der Waals surface area contributed by atoms with Crippen LogP contribution in [0.25, 0.3) is 11.1 Å². The number of carboxylic acids is 1. The van der Waals surface area contributed by atoms with Gasteiger partial charge in [0.1, 0.15) is 5.75 Å². The van der Waals surface area contributed by atoms with E-state index in [9.17, 15) is 4.79 Å². The van der Waals surface area contributed by atoms with E-state index >= 15 is 0 Å².